The SMILES string of the molecule is C#Cc1ccc(CC(=O)C(=O)Nc2ccc(F)cc2)cc1. The first-order valence-electron chi connectivity index (χ1n) is 6.24. The minimum atomic E-state index is -0.734. The van der Waals surface area contributed by atoms with Gasteiger partial charge in [0.15, 0.2) is 0 Å². The number of rotatable bonds is 4. The number of nitrogens with one attached hydrogen (secondary N) is 1. The van der Waals surface area contributed by atoms with Crippen molar-refractivity contribution >= 4 is 17.4 Å². The Morgan fingerprint density at radius 2 is 1.67 bits per heavy atom. The summed E-state index contributed by atoms with van der Waals surface area (Å²) in [7, 11) is 0. The molecule has 0 radical (unpaired) electrons. The van der Waals surface area contributed by atoms with Gasteiger partial charge in [-0.3, -0.25) is 9.59 Å². The third-order valence-electron chi connectivity index (χ3n) is 2.84. The molecular weight excluding hydrogens is 269 g/mol. The highest BCUT2D eigenvalue weighted by atomic mass is 19.1. The van der Waals surface area contributed by atoms with Crippen LogP contribution in [0.1, 0.15) is 11.1 Å². The standard InChI is InChI=1S/C17H12FNO2/c1-2-12-3-5-13(6-4-12)11-16(20)17(21)19-15-9-7-14(18)8-10-15/h1,3-10H,11H2,(H,19,21). The minimum absolute atomic E-state index is 0.0160. The number of carbonyl (C=O) groups excluding carboxylic acids is 2. The molecule has 0 fully saturated rings. The van der Waals surface area contributed by atoms with Crippen molar-refractivity contribution < 1.29 is 14.0 Å². The maximum atomic E-state index is 12.7. The highest BCUT2D eigenvalue weighted by Gasteiger charge is 2.14. The van der Waals surface area contributed by atoms with Crippen molar-refractivity contribution in [2.24, 2.45) is 0 Å². The number of benzene rings is 2. The molecule has 3 nitrogen and oxygen atoms in total. The lowest BCUT2D eigenvalue weighted by molar-refractivity contribution is -0.134. The normalized spacial score (nSPS) is 9.71. The van der Waals surface area contributed by atoms with Gasteiger partial charge in [0.05, 0.1) is 0 Å². The molecule has 0 saturated heterocycles. The number of hydrogen-bond donors (Lipinski definition) is 1. The Labute approximate surface area is 121 Å². The molecule has 0 aliphatic carbocycles. The van der Waals surface area contributed by atoms with E-state index in [2.05, 4.69) is 11.2 Å². The van der Waals surface area contributed by atoms with Crippen LogP contribution in [0.4, 0.5) is 10.1 Å². The first kappa shape index (κ1) is 14.5. The van der Waals surface area contributed by atoms with Crippen LogP contribution in [0.2, 0.25) is 0 Å². The molecule has 0 atom stereocenters. The van der Waals surface area contributed by atoms with E-state index in [9.17, 15) is 14.0 Å². The summed E-state index contributed by atoms with van der Waals surface area (Å²) in [5, 5.41) is 2.42. The average Bonchev–Trinajstić information content (AvgIpc) is 2.50. The first-order valence-corrected chi connectivity index (χ1v) is 6.24. The molecule has 21 heavy (non-hydrogen) atoms. The lowest BCUT2D eigenvalue weighted by Gasteiger charge is -2.04. The van der Waals surface area contributed by atoms with Crippen LogP contribution in [-0.4, -0.2) is 11.7 Å². The van der Waals surface area contributed by atoms with Crippen LogP contribution in [0.25, 0.3) is 0 Å². The largest absolute Gasteiger partial charge is 0.319 e. The highest BCUT2D eigenvalue weighted by molar-refractivity contribution is 6.41. The first-order chi connectivity index (χ1) is 10.1. The quantitative estimate of drug-likeness (QED) is 0.691. The van der Waals surface area contributed by atoms with Crippen molar-refractivity contribution in [3.8, 4) is 12.3 Å². The molecule has 4 heteroatoms. The summed E-state index contributed by atoms with van der Waals surface area (Å²) in [6, 6.07) is 12.0. The van der Waals surface area contributed by atoms with Gasteiger partial charge in [-0.25, -0.2) is 4.39 Å². The monoisotopic (exact) mass is 281 g/mol. The molecule has 0 saturated carbocycles. The predicted molar refractivity (Wildman–Crippen MR) is 78.1 cm³/mol. The van der Waals surface area contributed by atoms with Gasteiger partial charge >= 0.3 is 0 Å². The molecular formula is C17H12FNO2. The lowest BCUT2D eigenvalue weighted by Crippen LogP contribution is -2.24. The Morgan fingerprint density at radius 1 is 1.05 bits per heavy atom. The molecule has 0 aromatic heterocycles. The molecule has 104 valence electrons. The fourth-order valence-corrected chi connectivity index (χ4v) is 1.72. The summed E-state index contributed by atoms with van der Waals surface area (Å²) in [6.07, 6.45) is 5.22. The van der Waals surface area contributed by atoms with Crippen molar-refractivity contribution in [3.05, 3.63) is 65.5 Å². The average molecular weight is 281 g/mol. The van der Waals surface area contributed by atoms with E-state index in [-0.39, 0.29) is 6.42 Å². The van der Waals surface area contributed by atoms with Crippen LogP contribution < -0.4 is 5.32 Å². The maximum Gasteiger partial charge on any atom is 0.292 e. The predicted octanol–water partition coefficient (Wildman–Crippen LogP) is 2.56. The molecule has 0 heterocycles. The molecule has 0 bridgehead atoms. The smallest absolute Gasteiger partial charge is 0.292 e. The van der Waals surface area contributed by atoms with Crippen molar-refractivity contribution in [2.45, 2.75) is 6.42 Å². The number of amides is 1. The summed E-state index contributed by atoms with van der Waals surface area (Å²) in [6.45, 7) is 0. The molecule has 0 aliphatic rings. The number of terminal acetylenes is 1. The molecule has 2 aromatic rings. The van der Waals surface area contributed by atoms with E-state index < -0.39 is 17.5 Å². The zero-order valence-electron chi connectivity index (χ0n) is 11.1. The summed E-state index contributed by atoms with van der Waals surface area (Å²) < 4.78 is 12.7. The van der Waals surface area contributed by atoms with Gasteiger partial charge in [0, 0.05) is 17.7 Å². The topological polar surface area (TPSA) is 46.2 Å². The Hall–Kier alpha value is -2.93. The summed E-state index contributed by atoms with van der Waals surface area (Å²) in [5.74, 6) is 0.754. The highest BCUT2D eigenvalue weighted by Crippen LogP contribution is 2.09. The van der Waals surface area contributed by atoms with Crippen LogP contribution in [0.15, 0.2) is 48.5 Å². The number of hydrogen-bond acceptors (Lipinski definition) is 2. The van der Waals surface area contributed by atoms with Crippen molar-refractivity contribution in [3.63, 3.8) is 0 Å². The van der Waals surface area contributed by atoms with Gasteiger partial charge in [-0.2, -0.15) is 0 Å². The lowest BCUT2D eigenvalue weighted by atomic mass is 10.1. The summed E-state index contributed by atoms with van der Waals surface area (Å²) in [5.41, 5.74) is 1.78. The van der Waals surface area contributed by atoms with Gasteiger partial charge in [0.2, 0.25) is 5.78 Å². The second-order valence-electron chi connectivity index (χ2n) is 4.40. The van der Waals surface area contributed by atoms with E-state index in [0.29, 0.717) is 16.8 Å². The van der Waals surface area contributed by atoms with Gasteiger partial charge in [-0.1, -0.05) is 18.1 Å². The fraction of sp³-hybridized carbons (Fsp3) is 0.0588. The van der Waals surface area contributed by atoms with Gasteiger partial charge in [-0.15, -0.1) is 6.42 Å². The molecule has 0 spiro atoms. The fourth-order valence-electron chi connectivity index (χ4n) is 1.72. The minimum Gasteiger partial charge on any atom is -0.319 e. The zero-order valence-corrected chi connectivity index (χ0v) is 11.1. The Morgan fingerprint density at radius 3 is 2.24 bits per heavy atom. The van der Waals surface area contributed by atoms with E-state index in [1.54, 1.807) is 24.3 Å². The number of halogens is 1. The summed E-state index contributed by atoms with van der Waals surface area (Å²) >= 11 is 0. The molecule has 0 aliphatic heterocycles. The van der Waals surface area contributed by atoms with E-state index in [0.717, 1.165) is 0 Å². The van der Waals surface area contributed by atoms with E-state index in [4.69, 9.17) is 6.42 Å². The van der Waals surface area contributed by atoms with Crippen molar-refractivity contribution in [1.82, 2.24) is 0 Å². The Balaban J connectivity index is 1.97. The maximum absolute atomic E-state index is 12.7. The Bertz CT molecular complexity index is 697. The van der Waals surface area contributed by atoms with E-state index >= 15 is 0 Å². The number of Topliss-reactive ketones (excluding diaryl/α,β-unsaturated/α-hetero) is 1. The van der Waals surface area contributed by atoms with Crippen molar-refractivity contribution in [1.29, 1.82) is 0 Å². The van der Waals surface area contributed by atoms with E-state index in [1.165, 1.54) is 24.3 Å². The Kier molecular flexibility index (Phi) is 4.47. The third kappa shape index (κ3) is 4.02. The zero-order chi connectivity index (χ0) is 15.2. The number of carbonyl (C=O) groups is 2. The second-order valence-corrected chi connectivity index (χ2v) is 4.40. The van der Waals surface area contributed by atoms with Gasteiger partial charge < -0.3 is 5.32 Å². The molecule has 2 rings (SSSR count). The van der Waals surface area contributed by atoms with Gasteiger partial charge in [-0.05, 0) is 42.0 Å². The van der Waals surface area contributed by atoms with Gasteiger partial charge in [0.1, 0.15) is 5.82 Å². The van der Waals surface area contributed by atoms with Crippen LogP contribution in [0.3, 0.4) is 0 Å². The molecule has 2 aromatic carbocycles. The van der Waals surface area contributed by atoms with Crippen LogP contribution in [0.5, 0.6) is 0 Å². The number of ketones is 1. The van der Waals surface area contributed by atoms with Gasteiger partial charge in [0.25, 0.3) is 5.91 Å². The molecule has 0 unspecified atom stereocenters. The summed E-state index contributed by atoms with van der Waals surface area (Å²) in [4.78, 5) is 23.5. The van der Waals surface area contributed by atoms with Crippen LogP contribution in [0, 0.1) is 18.2 Å². The molecule has 1 amide bonds. The second kappa shape index (κ2) is 6.49. The number of anilines is 1. The van der Waals surface area contributed by atoms with Crippen molar-refractivity contribution in [2.75, 3.05) is 5.32 Å². The van der Waals surface area contributed by atoms with E-state index in [1.807, 2.05) is 0 Å². The van der Waals surface area contributed by atoms with Crippen LogP contribution in [-0.2, 0) is 16.0 Å². The third-order valence-corrected chi connectivity index (χ3v) is 2.84. The van der Waals surface area contributed by atoms with Crippen LogP contribution >= 0.6 is 0 Å². The molecule has 1 N–H and O–H groups in total.